The van der Waals surface area contributed by atoms with E-state index in [-0.39, 0.29) is 18.0 Å². The van der Waals surface area contributed by atoms with Crippen molar-refractivity contribution in [3.8, 4) is 11.5 Å². The monoisotopic (exact) mass is 386 g/mol. The van der Waals surface area contributed by atoms with Crippen molar-refractivity contribution in [2.24, 2.45) is 4.99 Å². The average molecular weight is 387 g/mol. The molecule has 1 amide bonds. The Hall–Kier alpha value is -2.90. The first-order chi connectivity index (χ1) is 13.3. The van der Waals surface area contributed by atoms with Crippen molar-refractivity contribution in [1.82, 2.24) is 26.1 Å². The van der Waals surface area contributed by atoms with Crippen LogP contribution in [0.1, 0.15) is 39.1 Å². The van der Waals surface area contributed by atoms with Crippen molar-refractivity contribution in [3.05, 3.63) is 35.7 Å². The second-order valence-corrected chi connectivity index (χ2v) is 7.47. The second-order valence-electron chi connectivity index (χ2n) is 7.47. The predicted molar refractivity (Wildman–Crippen MR) is 110 cm³/mol. The van der Waals surface area contributed by atoms with Crippen LogP contribution in [0.3, 0.4) is 0 Å². The number of rotatable bonds is 7. The minimum absolute atomic E-state index is 0.0710. The van der Waals surface area contributed by atoms with Gasteiger partial charge >= 0.3 is 0 Å². The molecule has 0 aliphatic carbocycles. The van der Waals surface area contributed by atoms with Gasteiger partial charge < -0.3 is 20.5 Å². The first kappa shape index (κ1) is 21.4. The highest BCUT2D eigenvalue weighted by Crippen LogP contribution is 2.18. The Bertz CT molecular complexity index is 790. The number of nitrogens with zero attached hydrogens (tertiary/aromatic N) is 3. The number of hydrogen-bond acceptors (Lipinski definition) is 5. The molecule has 0 bridgehead atoms. The van der Waals surface area contributed by atoms with Gasteiger partial charge in [0.1, 0.15) is 0 Å². The molecule has 0 aliphatic heterocycles. The summed E-state index contributed by atoms with van der Waals surface area (Å²) in [4.78, 5) is 20.3. The molecule has 2 rings (SSSR count). The Kier molecular flexibility index (Phi) is 7.54. The van der Waals surface area contributed by atoms with Crippen LogP contribution < -0.4 is 16.0 Å². The number of aromatic nitrogens is 2. The number of aryl methyl sites for hydroxylation is 1. The van der Waals surface area contributed by atoms with Crippen molar-refractivity contribution in [2.75, 3.05) is 20.1 Å². The second kappa shape index (κ2) is 9.87. The molecule has 152 valence electrons. The molecule has 0 radical (unpaired) electrons. The minimum atomic E-state index is -0.249. The number of aliphatic imine (C=N–C) groups is 1. The van der Waals surface area contributed by atoms with Crippen molar-refractivity contribution >= 4 is 11.9 Å². The normalized spacial score (nSPS) is 12.0. The summed E-state index contributed by atoms with van der Waals surface area (Å²) in [7, 11) is 1.68. The minimum Gasteiger partial charge on any atom is -0.356 e. The van der Waals surface area contributed by atoms with Crippen LogP contribution in [0.4, 0.5) is 0 Å². The van der Waals surface area contributed by atoms with Gasteiger partial charge in [-0.3, -0.25) is 9.79 Å². The summed E-state index contributed by atoms with van der Waals surface area (Å²) < 4.78 is 5.25. The molecule has 8 heteroatoms. The number of guanidine groups is 1. The fraction of sp³-hybridized carbons (Fsp3) is 0.500. The van der Waals surface area contributed by atoms with E-state index in [0.717, 1.165) is 18.4 Å². The van der Waals surface area contributed by atoms with E-state index in [4.69, 9.17) is 4.52 Å². The maximum absolute atomic E-state index is 11.9. The first-order valence-electron chi connectivity index (χ1n) is 9.48. The third-order valence-electron chi connectivity index (χ3n) is 3.85. The van der Waals surface area contributed by atoms with Crippen LogP contribution in [0.15, 0.2) is 33.8 Å². The molecule has 0 atom stereocenters. The fourth-order valence-corrected chi connectivity index (χ4v) is 2.50. The third kappa shape index (κ3) is 7.02. The van der Waals surface area contributed by atoms with Crippen LogP contribution in [-0.4, -0.2) is 47.7 Å². The van der Waals surface area contributed by atoms with Crippen molar-refractivity contribution in [3.63, 3.8) is 0 Å². The molecule has 0 unspecified atom stereocenters. The molecule has 1 heterocycles. The van der Waals surface area contributed by atoms with Crippen molar-refractivity contribution in [2.45, 2.75) is 46.1 Å². The summed E-state index contributed by atoms with van der Waals surface area (Å²) in [6.45, 7) is 8.71. The Morgan fingerprint density at radius 2 is 1.89 bits per heavy atom. The molecule has 28 heavy (non-hydrogen) atoms. The summed E-state index contributed by atoms with van der Waals surface area (Å²) in [6.07, 6.45) is 1.57. The largest absolute Gasteiger partial charge is 0.356 e. The van der Waals surface area contributed by atoms with Crippen molar-refractivity contribution < 1.29 is 9.32 Å². The van der Waals surface area contributed by atoms with Gasteiger partial charge in [0.25, 0.3) is 5.89 Å². The van der Waals surface area contributed by atoms with Gasteiger partial charge in [-0.1, -0.05) is 24.2 Å². The molecule has 1 aromatic heterocycles. The molecule has 3 N–H and O–H groups in total. The zero-order valence-corrected chi connectivity index (χ0v) is 17.3. The van der Waals surface area contributed by atoms with Crippen LogP contribution in [0.2, 0.25) is 0 Å². The smallest absolute Gasteiger partial charge is 0.257 e. The Morgan fingerprint density at radius 3 is 2.46 bits per heavy atom. The summed E-state index contributed by atoms with van der Waals surface area (Å²) in [5.74, 6) is 1.77. The lowest BCUT2D eigenvalue weighted by atomic mass is 10.1. The topological polar surface area (TPSA) is 104 Å². The van der Waals surface area contributed by atoms with Crippen LogP contribution in [0.5, 0.6) is 0 Å². The van der Waals surface area contributed by atoms with E-state index in [1.54, 1.807) is 7.05 Å². The van der Waals surface area contributed by atoms with Gasteiger partial charge in [-0.05, 0) is 44.9 Å². The molecule has 1 aromatic carbocycles. The molecule has 8 nitrogen and oxygen atoms in total. The Labute approximate surface area is 166 Å². The highest BCUT2D eigenvalue weighted by molar-refractivity contribution is 5.86. The average Bonchev–Trinajstić information content (AvgIpc) is 3.13. The molecule has 0 aliphatic rings. The van der Waals surface area contributed by atoms with Crippen LogP contribution in [0.25, 0.3) is 11.5 Å². The number of carbonyl (C=O) groups excluding carboxylic acids is 1. The Morgan fingerprint density at radius 1 is 1.18 bits per heavy atom. The van der Waals surface area contributed by atoms with Gasteiger partial charge in [0, 0.05) is 31.1 Å². The third-order valence-corrected chi connectivity index (χ3v) is 3.85. The lowest BCUT2D eigenvalue weighted by Gasteiger charge is -2.21. The van der Waals surface area contributed by atoms with E-state index < -0.39 is 0 Å². The maximum atomic E-state index is 11.9. The number of amides is 1. The summed E-state index contributed by atoms with van der Waals surface area (Å²) in [6, 6.07) is 8.04. The molecule has 2 aromatic rings. The number of hydrogen-bond donors (Lipinski definition) is 3. The lowest BCUT2D eigenvalue weighted by Crippen LogP contribution is -2.48. The zero-order valence-electron chi connectivity index (χ0n) is 17.3. The number of carbonyl (C=O) groups is 1. The maximum Gasteiger partial charge on any atom is 0.257 e. The van der Waals surface area contributed by atoms with Crippen LogP contribution in [0, 0.1) is 0 Å². The van der Waals surface area contributed by atoms with Crippen LogP contribution in [-0.2, 0) is 17.6 Å². The number of nitrogens with one attached hydrogen (secondary N) is 3. The van der Waals surface area contributed by atoms with E-state index >= 15 is 0 Å². The zero-order chi connectivity index (χ0) is 20.6. The standard InChI is InChI=1S/C20H30N6O2/c1-6-16-24-18(28-26-16)15-9-7-14(8-10-15)11-12-22-19(21-5)23-13-17(27)25-20(2,3)4/h7-10H,6,11-13H2,1-5H3,(H,25,27)(H2,21,22,23). The molecular formula is C20H30N6O2. The Balaban J connectivity index is 1.77. The SMILES string of the molecule is CCc1noc(-c2ccc(CCNC(=NC)NCC(=O)NC(C)(C)C)cc2)n1. The summed E-state index contributed by atoms with van der Waals surface area (Å²) >= 11 is 0. The first-order valence-corrected chi connectivity index (χ1v) is 9.48. The van der Waals surface area contributed by atoms with Gasteiger partial charge in [0.05, 0.1) is 6.54 Å². The molecule has 0 saturated carbocycles. The molecular weight excluding hydrogens is 356 g/mol. The summed E-state index contributed by atoms with van der Waals surface area (Å²) in [5.41, 5.74) is 1.83. The van der Waals surface area contributed by atoms with E-state index in [0.29, 0.717) is 24.2 Å². The van der Waals surface area contributed by atoms with Gasteiger partial charge in [-0.25, -0.2) is 0 Å². The predicted octanol–water partition coefficient (Wildman–Crippen LogP) is 1.92. The summed E-state index contributed by atoms with van der Waals surface area (Å²) in [5, 5.41) is 13.0. The molecule has 0 spiro atoms. The van der Waals surface area contributed by atoms with E-state index in [1.165, 1.54) is 5.56 Å². The van der Waals surface area contributed by atoms with E-state index in [9.17, 15) is 4.79 Å². The quantitative estimate of drug-likeness (QED) is 0.496. The highest BCUT2D eigenvalue weighted by Gasteiger charge is 2.13. The lowest BCUT2D eigenvalue weighted by molar-refractivity contribution is -0.121. The van der Waals surface area contributed by atoms with Crippen molar-refractivity contribution in [1.29, 1.82) is 0 Å². The molecule has 0 fully saturated rings. The van der Waals surface area contributed by atoms with Gasteiger partial charge in [-0.15, -0.1) is 0 Å². The van der Waals surface area contributed by atoms with Crippen LogP contribution >= 0.6 is 0 Å². The van der Waals surface area contributed by atoms with E-state index in [2.05, 4.69) is 31.1 Å². The molecule has 0 saturated heterocycles. The van der Waals surface area contributed by atoms with E-state index in [1.807, 2.05) is 52.0 Å². The van der Waals surface area contributed by atoms with Gasteiger partial charge in [0.15, 0.2) is 11.8 Å². The highest BCUT2D eigenvalue weighted by atomic mass is 16.5. The van der Waals surface area contributed by atoms with Gasteiger partial charge in [0.2, 0.25) is 5.91 Å². The van der Waals surface area contributed by atoms with Gasteiger partial charge in [-0.2, -0.15) is 4.98 Å². The number of benzene rings is 1. The fourth-order valence-electron chi connectivity index (χ4n) is 2.50.